The fraction of sp³-hybridized carbons (Fsp3) is 0.364. The highest BCUT2D eigenvalue weighted by molar-refractivity contribution is 6.83. The maximum absolute atomic E-state index is 3.68. The van der Waals surface area contributed by atoms with E-state index in [0.717, 1.165) is 0 Å². The molecule has 0 radical (unpaired) electrons. The number of rotatable bonds is 2. The van der Waals surface area contributed by atoms with Crippen LogP contribution in [0.2, 0.25) is 19.6 Å². The van der Waals surface area contributed by atoms with E-state index in [0.29, 0.717) is 17.8 Å². The molecule has 1 fully saturated rings. The molecule has 0 nitrogen and oxygen atoms in total. The van der Waals surface area contributed by atoms with Gasteiger partial charge in [0, 0.05) is 11.8 Å². The van der Waals surface area contributed by atoms with Crippen LogP contribution in [0.4, 0.5) is 0 Å². The average Bonchev–Trinajstić information content (AvgIpc) is 2.98. The van der Waals surface area contributed by atoms with Gasteiger partial charge in [0.25, 0.3) is 0 Å². The highest BCUT2D eigenvalue weighted by atomic mass is 28.3. The standard InChI is InChI=1S/C22H26Si/c1-23(2,3)17-16-20-14-15-21(18-10-6-4-7-11-18)22(20)19-12-8-5-9-13-19/h4-13,20-22H,14-15H2,1-3H3/t20-,21-,22-/m0/s1. The van der Waals surface area contributed by atoms with Crippen molar-refractivity contribution in [1.29, 1.82) is 0 Å². The first-order valence-corrected chi connectivity index (χ1v) is 12.2. The molecular weight excluding hydrogens is 292 g/mol. The van der Waals surface area contributed by atoms with Crippen LogP contribution in [-0.4, -0.2) is 8.07 Å². The smallest absolute Gasteiger partial charge is 0.129 e. The van der Waals surface area contributed by atoms with Crippen molar-refractivity contribution in [3.8, 4) is 11.5 Å². The summed E-state index contributed by atoms with van der Waals surface area (Å²) in [6.45, 7) is 7.00. The van der Waals surface area contributed by atoms with Crippen molar-refractivity contribution in [3.05, 3.63) is 71.8 Å². The Kier molecular flexibility index (Phi) is 4.73. The molecule has 0 bridgehead atoms. The van der Waals surface area contributed by atoms with E-state index in [1.807, 2.05) is 0 Å². The molecule has 1 saturated carbocycles. The molecule has 1 heteroatoms. The van der Waals surface area contributed by atoms with Crippen molar-refractivity contribution in [2.75, 3.05) is 0 Å². The van der Waals surface area contributed by atoms with Crippen LogP contribution in [0, 0.1) is 17.4 Å². The van der Waals surface area contributed by atoms with Crippen LogP contribution in [-0.2, 0) is 0 Å². The first kappa shape index (κ1) is 16.1. The van der Waals surface area contributed by atoms with Gasteiger partial charge in [-0.15, -0.1) is 11.5 Å². The normalized spacial score (nSPS) is 24.0. The number of hydrogen-bond acceptors (Lipinski definition) is 0. The second kappa shape index (κ2) is 6.77. The molecule has 2 aromatic carbocycles. The lowest BCUT2D eigenvalue weighted by Gasteiger charge is -2.23. The van der Waals surface area contributed by atoms with Gasteiger partial charge in [-0.1, -0.05) is 80.3 Å². The first-order valence-electron chi connectivity index (χ1n) is 8.67. The Morgan fingerprint density at radius 1 is 0.783 bits per heavy atom. The second-order valence-electron chi connectivity index (χ2n) is 7.66. The van der Waals surface area contributed by atoms with E-state index in [2.05, 4.69) is 91.8 Å². The summed E-state index contributed by atoms with van der Waals surface area (Å²) < 4.78 is 0. The fourth-order valence-corrected chi connectivity index (χ4v) is 4.30. The number of benzene rings is 2. The molecule has 1 aliphatic rings. The Morgan fingerprint density at radius 2 is 1.35 bits per heavy atom. The number of hydrogen-bond donors (Lipinski definition) is 0. The van der Waals surface area contributed by atoms with Crippen molar-refractivity contribution < 1.29 is 0 Å². The molecule has 3 atom stereocenters. The van der Waals surface area contributed by atoms with Gasteiger partial charge >= 0.3 is 0 Å². The highest BCUT2D eigenvalue weighted by Gasteiger charge is 2.37. The molecule has 118 valence electrons. The molecule has 0 aliphatic heterocycles. The zero-order chi connectivity index (χ0) is 16.3. The average molecular weight is 319 g/mol. The van der Waals surface area contributed by atoms with Crippen molar-refractivity contribution in [2.45, 2.75) is 44.3 Å². The lowest BCUT2D eigenvalue weighted by atomic mass is 9.80. The fourth-order valence-electron chi connectivity index (χ4n) is 3.68. The maximum atomic E-state index is 3.68. The van der Waals surface area contributed by atoms with Gasteiger partial charge in [-0.05, 0) is 29.9 Å². The SMILES string of the molecule is C[Si](C)(C)C#C[C@@H]1CC[C@@H](c2ccccc2)[C@H]1c1ccccc1. The summed E-state index contributed by atoms with van der Waals surface area (Å²) in [5, 5.41) is 0. The Labute approximate surface area is 142 Å². The van der Waals surface area contributed by atoms with Crippen LogP contribution in [0.1, 0.15) is 35.8 Å². The molecule has 1 aliphatic carbocycles. The zero-order valence-electron chi connectivity index (χ0n) is 14.4. The van der Waals surface area contributed by atoms with Crippen LogP contribution < -0.4 is 0 Å². The molecule has 0 unspecified atom stereocenters. The van der Waals surface area contributed by atoms with Gasteiger partial charge in [-0.2, -0.15) is 0 Å². The summed E-state index contributed by atoms with van der Waals surface area (Å²) in [4.78, 5) is 0. The molecular formula is C22H26Si. The third-order valence-corrected chi connectivity index (χ3v) is 5.59. The molecule has 2 aromatic rings. The first-order chi connectivity index (χ1) is 11.0. The Bertz CT molecular complexity index is 685. The highest BCUT2D eigenvalue weighted by Crippen LogP contribution is 2.49. The molecule has 0 heterocycles. The maximum Gasteiger partial charge on any atom is 0.129 e. The third kappa shape index (κ3) is 3.95. The Balaban J connectivity index is 1.97. The van der Waals surface area contributed by atoms with Gasteiger partial charge in [-0.3, -0.25) is 0 Å². The lowest BCUT2D eigenvalue weighted by molar-refractivity contribution is 0.561. The molecule has 23 heavy (non-hydrogen) atoms. The zero-order valence-corrected chi connectivity index (χ0v) is 15.4. The van der Waals surface area contributed by atoms with Gasteiger partial charge in [0.05, 0.1) is 0 Å². The summed E-state index contributed by atoms with van der Waals surface area (Å²) in [7, 11) is -1.32. The van der Waals surface area contributed by atoms with Gasteiger partial charge in [0.15, 0.2) is 0 Å². The quantitative estimate of drug-likeness (QED) is 0.481. The van der Waals surface area contributed by atoms with E-state index < -0.39 is 8.07 Å². The molecule has 0 aromatic heterocycles. The van der Waals surface area contributed by atoms with Crippen LogP contribution in [0.25, 0.3) is 0 Å². The van der Waals surface area contributed by atoms with E-state index in [1.165, 1.54) is 24.0 Å². The largest absolute Gasteiger partial charge is 0.132 e. The topological polar surface area (TPSA) is 0 Å². The van der Waals surface area contributed by atoms with E-state index >= 15 is 0 Å². The lowest BCUT2D eigenvalue weighted by Crippen LogP contribution is -2.18. The van der Waals surface area contributed by atoms with Gasteiger partial charge in [-0.25, -0.2) is 0 Å². The molecule has 0 saturated heterocycles. The molecule has 0 amide bonds. The minimum atomic E-state index is -1.32. The Morgan fingerprint density at radius 3 is 1.91 bits per heavy atom. The third-order valence-electron chi connectivity index (χ3n) is 4.70. The van der Waals surface area contributed by atoms with Crippen molar-refractivity contribution >= 4 is 8.07 Å². The van der Waals surface area contributed by atoms with Crippen molar-refractivity contribution in [2.24, 2.45) is 5.92 Å². The van der Waals surface area contributed by atoms with Crippen LogP contribution in [0.3, 0.4) is 0 Å². The summed E-state index contributed by atoms with van der Waals surface area (Å²) in [6.07, 6.45) is 2.46. The van der Waals surface area contributed by atoms with E-state index in [9.17, 15) is 0 Å². The molecule has 3 rings (SSSR count). The molecule has 0 N–H and O–H groups in total. The molecule has 0 spiro atoms. The van der Waals surface area contributed by atoms with Crippen molar-refractivity contribution in [1.82, 2.24) is 0 Å². The predicted octanol–water partition coefficient (Wildman–Crippen LogP) is 5.84. The van der Waals surface area contributed by atoms with Crippen LogP contribution >= 0.6 is 0 Å². The summed E-state index contributed by atoms with van der Waals surface area (Å²) in [5.74, 6) is 5.30. The van der Waals surface area contributed by atoms with E-state index in [4.69, 9.17) is 0 Å². The minimum Gasteiger partial charge on any atom is -0.132 e. The summed E-state index contributed by atoms with van der Waals surface area (Å²) >= 11 is 0. The van der Waals surface area contributed by atoms with Crippen molar-refractivity contribution in [3.63, 3.8) is 0 Å². The van der Waals surface area contributed by atoms with Gasteiger partial charge in [0.2, 0.25) is 0 Å². The summed E-state index contributed by atoms with van der Waals surface area (Å²) in [6, 6.07) is 22.0. The predicted molar refractivity (Wildman–Crippen MR) is 102 cm³/mol. The van der Waals surface area contributed by atoms with Gasteiger partial charge in [0.1, 0.15) is 8.07 Å². The van der Waals surface area contributed by atoms with E-state index in [-0.39, 0.29) is 0 Å². The second-order valence-corrected chi connectivity index (χ2v) is 12.4. The summed E-state index contributed by atoms with van der Waals surface area (Å²) in [5.41, 5.74) is 6.55. The van der Waals surface area contributed by atoms with Gasteiger partial charge < -0.3 is 0 Å². The Hall–Kier alpha value is -1.78. The van der Waals surface area contributed by atoms with Crippen LogP contribution in [0.15, 0.2) is 60.7 Å². The van der Waals surface area contributed by atoms with Crippen LogP contribution in [0.5, 0.6) is 0 Å². The minimum absolute atomic E-state index is 0.495. The monoisotopic (exact) mass is 318 g/mol. The van der Waals surface area contributed by atoms with E-state index in [1.54, 1.807) is 0 Å².